The fraction of sp³-hybridized carbons (Fsp3) is 0.400. The van der Waals surface area contributed by atoms with Crippen LogP contribution in [0.2, 0.25) is 0 Å². The van der Waals surface area contributed by atoms with Crippen molar-refractivity contribution in [3.8, 4) is 0 Å². The van der Waals surface area contributed by atoms with Crippen LogP contribution in [0.25, 0.3) is 0 Å². The van der Waals surface area contributed by atoms with Gasteiger partial charge in [0.1, 0.15) is 5.82 Å². The van der Waals surface area contributed by atoms with E-state index in [1.54, 1.807) is 6.33 Å². The summed E-state index contributed by atoms with van der Waals surface area (Å²) in [4.78, 5) is 11.3. The molecular formula is C10H15N5. The summed E-state index contributed by atoms with van der Waals surface area (Å²) in [6, 6.07) is 0. The monoisotopic (exact) mass is 205 g/mol. The van der Waals surface area contributed by atoms with Gasteiger partial charge in [-0.05, 0) is 6.92 Å². The molecule has 2 N–H and O–H groups in total. The Hall–Kier alpha value is -1.62. The average molecular weight is 205 g/mol. The van der Waals surface area contributed by atoms with Crippen molar-refractivity contribution in [1.29, 1.82) is 0 Å². The maximum absolute atomic E-state index is 4.28. The summed E-state index contributed by atoms with van der Waals surface area (Å²) in [6.07, 6.45) is 7.33. The van der Waals surface area contributed by atoms with E-state index in [1.807, 2.05) is 18.6 Å². The highest BCUT2D eigenvalue weighted by Gasteiger charge is 2.00. The van der Waals surface area contributed by atoms with E-state index in [9.17, 15) is 0 Å². The molecule has 0 aliphatic heterocycles. The second-order valence-corrected chi connectivity index (χ2v) is 3.31. The molecule has 0 bridgehead atoms. The lowest BCUT2D eigenvalue weighted by atomic mass is 10.4. The Balaban J connectivity index is 1.83. The van der Waals surface area contributed by atoms with Crippen molar-refractivity contribution in [1.82, 2.24) is 24.8 Å². The van der Waals surface area contributed by atoms with Gasteiger partial charge in [0.2, 0.25) is 0 Å². The Morgan fingerprint density at radius 1 is 1.47 bits per heavy atom. The van der Waals surface area contributed by atoms with E-state index in [2.05, 4.69) is 31.8 Å². The molecule has 0 saturated carbocycles. The van der Waals surface area contributed by atoms with Gasteiger partial charge in [0.05, 0.1) is 12.9 Å². The summed E-state index contributed by atoms with van der Waals surface area (Å²) in [5, 5.41) is 3.31. The lowest BCUT2D eigenvalue weighted by Crippen LogP contribution is -2.16. The predicted octanol–water partition coefficient (Wildman–Crippen LogP) is 0.916. The molecule has 5 heteroatoms. The molecule has 5 nitrogen and oxygen atoms in total. The first-order valence-corrected chi connectivity index (χ1v) is 5.08. The molecule has 0 radical (unpaired) electrons. The summed E-state index contributed by atoms with van der Waals surface area (Å²) in [5.74, 6) is 1.07. The SMILES string of the molecule is CCn1ccnc1CNCc1cnc[nH]1. The zero-order valence-electron chi connectivity index (χ0n) is 8.77. The molecule has 2 aromatic heterocycles. The Kier molecular flexibility index (Phi) is 3.14. The molecule has 0 aromatic carbocycles. The van der Waals surface area contributed by atoms with Gasteiger partial charge in [-0.2, -0.15) is 0 Å². The van der Waals surface area contributed by atoms with E-state index in [-0.39, 0.29) is 0 Å². The molecule has 2 heterocycles. The molecular weight excluding hydrogens is 190 g/mol. The number of nitrogens with one attached hydrogen (secondary N) is 2. The molecule has 2 aromatic rings. The minimum Gasteiger partial charge on any atom is -0.347 e. The third-order valence-corrected chi connectivity index (χ3v) is 2.30. The van der Waals surface area contributed by atoms with Crippen LogP contribution in [0.1, 0.15) is 18.4 Å². The Labute approximate surface area is 88.6 Å². The van der Waals surface area contributed by atoms with Crippen molar-refractivity contribution in [3.63, 3.8) is 0 Å². The molecule has 0 spiro atoms. The van der Waals surface area contributed by atoms with Gasteiger partial charge < -0.3 is 14.9 Å². The number of rotatable bonds is 5. The van der Waals surface area contributed by atoms with Gasteiger partial charge in [0, 0.05) is 37.4 Å². The summed E-state index contributed by atoms with van der Waals surface area (Å²) in [5.41, 5.74) is 1.09. The van der Waals surface area contributed by atoms with Crippen LogP contribution in [0.5, 0.6) is 0 Å². The van der Waals surface area contributed by atoms with Crippen molar-refractivity contribution in [2.75, 3.05) is 0 Å². The average Bonchev–Trinajstić information content (AvgIpc) is 2.88. The fourth-order valence-corrected chi connectivity index (χ4v) is 1.49. The standard InChI is InChI=1S/C10H15N5/c1-2-15-4-3-13-10(15)7-11-5-9-6-12-8-14-9/h3-4,6,8,11H,2,5,7H2,1H3,(H,12,14). The lowest BCUT2D eigenvalue weighted by Gasteiger charge is -2.05. The number of hydrogen-bond acceptors (Lipinski definition) is 3. The number of aromatic amines is 1. The van der Waals surface area contributed by atoms with Gasteiger partial charge in [-0.25, -0.2) is 9.97 Å². The smallest absolute Gasteiger partial charge is 0.122 e. The van der Waals surface area contributed by atoms with E-state index in [0.717, 1.165) is 31.2 Å². The van der Waals surface area contributed by atoms with Gasteiger partial charge in [0.15, 0.2) is 0 Å². The number of hydrogen-bond donors (Lipinski definition) is 2. The maximum Gasteiger partial charge on any atom is 0.122 e. The first kappa shape index (κ1) is 9.92. The highest BCUT2D eigenvalue weighted by Crippen LogP contribution is 1.97. The maximum atomic E-state index is 4.28. The predicted molar refractivity (Wildman–Crippen MR) is 57.0 cm³/mol. The largest absolute Gasteiger partial charge is 0.347 e. The molecule has 0 aliphatic rings. The van der Waals surface area contributed by atoms with Crippen LogP contribution in [0, 0.1) is 0 Å². The topological polar surface area (TPSA) is 58.5 Å². The van der Waals surface area contributed by atoms with Crippen LogP contribution < -0.4 is 5.32 Å². The molecule has 2 rings (SSSR count). The molecule has 15 heavy (non-hydrogen) atoms. The van der Waals surface area contributed by atoms with E-state index < -0.39 is 0 Å². The van der Waals surface area contributed by atoms with Gasteiger partial charge >= 0.3 is 0 Å². The van der Waals surface area contributed by atoms with Crippen LogP contribution in [0.3, 0.4) is 0 Å². The van der Waals surface area contributed by atoms with E-state index >= 15 is 0 Å². The van der Waals surface area contributed by atoms with Crippen molar-refractivity contribution in [2.24, 2.45) is 0 Å². The van der Waals surface area contributed by atoms with Crippen molar-refractivity contribution in [2.45, 2.75) is 26.6 Å². The third kappa shape index (κ3) is 2.44. The minimum atomic E-state index is 0.778. The van der Waals surface area contributed by atoms with Crippen LogP contribution in [-0.2, 0) is 19.6 Å². The number of aryl methyl sites for hydroxylation is 1. The highest BCUT2D eigenvalue weighted by molar-refractivity contribution is 4.95. The second-order valence-electron chi connectivity index (χ2n) is 3.31. The van der Waals surface area contributed by atoms with Crippen LogP contribution in [0.4, 0.5) is 0 Å². The highest BCUT2D eigenvalue weighted by atomic mass is 15.1. The number of imidazole rings is 2. The van der Waals surface area contributed by atoms with Gasteiger partial charge in [0.25, 0.3) is 0 Å². The molecule has 0 fully saturated rings. The van der Waals surface area contributed by atoms with Crippen molar-refractivity contribution >= 4 is 0 Å². The molecule has 0 saturated heterocycles. The van der Waals surface area contributed by atoms with Gasteiger partial charge in [-0.15, -0.1) is 0 Å². The second kappa shape index (κ2) is 4.75. The summed E-state index contributed by atoms with van der Waals surface area (Å²) in [6.45, 7) is 4.64. The molecule has 0 unspecified atom stereocenters. The van der Waals surface area contributed by atoms with Crippen LogP contribution >= 0.6 is 0 Å². The summed E-state index contributed by atoms with van der Waals surface area (Å²) >= 11 is 0. The quantitative estimate of drug-likeness (QED) is 0.763. The normalized spacial score (nSPS) is 10.7. The lowest BCUT2D eigenvalue weighted by molar-refractivity contribution is 0.608. The molecule has 0 atom stereocenters. The van der Waals surface area contributed by atoms with Crippen LogP contribution in [0.15, 0.2) is 24.9 Å². The summed E-state index contributed by atoms with van der Waals surface area (Å²) in [7, 11) is 0. The molecule has 0 aliphatic carbocycles. The van der Waals surface area contributed by atoms with Crippen LogP contribution in [-0.4, -0.2) is 19.5 Å². The fourth-order valence-electron chi connectivity index (χ4n) is 1.49. The van der Waals surface area contributed by atoms with Crippen molar-refractivity contribution in [3.05, 3.63) is 36.4 Å². The zero-order chi connectivity index (χ0) is 10.5. The van der Waals surface area contributed by atoms with E-state index in [4.69, 9.17) is 0 Å². The first-order chi connectivity index (χ1) is 7.40. The first-order valence-electron chi connectivity index (χ1n) is 5.08. The van der Waals surface area contributed by atoms with Crippen molar-refractivity contribution < 1.29 is 0 Å². The Bertz CT molecular complexity index is 390. The minimum absolute atomic E-state index is 0.778. The zero-order valence-corrected chi connectivity index (χ0v) is 8.77. The number of nitrogens with zero attached hydrogens (tertiary/aromatic N) is 3. The number of H-pyrrole nitrogens is 1. The Morgan fingerprint density at radius 3 is 3.13 bits per heavy atom. The van der Waals surface area contributed by atoms with Gasteiger partial charge in [-0.3, -0.25) is 0 Å². The summed E-state index contributed by atoms with van der Waals surface area (Å²) < 4.78 is 2.12. The number of aromatic nitrogens is 4. The van der Waals surface area contributed by atoms with E-state index in [1.165, 1.54) is 0 Å². The molecule has 0 amide bonds. The Morgan fingerprint density at radius 2 is 2.40 bits per heavy atom. The third-order valence-electron chi connectivity index (χ3n) is 2.30. The van der Waals surface area contributed by atoms with Gasteiger partial charge in [-0.1, -0.05) is 0 Å². The van der Waals surface area contributed by atoms with E-state index in [0.29, 0.717) is 0 Å². The molecule has 80 valence electrons.